The average Bonchev–Trinajstić information content (AvgIpc) is 2.63. The van der Waals surface area contributed by atoms with E-state index in [0.717, 1.165) is 0 Å². The summed E-state index contributed by atoms with van der Waals surface area (Å²) in [5.74, 6) is 1.51. The van der Waals surface area contributed by atoms with Gasteiger partial charge in [-0.3, -0.25) is 0 Å². The zero-order valence-corrected chi connectivity index (χ0v) is 8.57. The molecular weight excluding hydrogens is 216 g/mol. The number of ether oxygens (including phenoxy) is 1. The average molecular weight is 225 g/mol. The standard InChI is InChI=1S/C10H9ClN2O2/c11-8-3-1-2-4-9(8)14-6-7-5-10(12)13-15-7/h1-5H,6H2,(H2,12,13). The second kappa shape index (κ2) is 4.23. The highest BCUT2D eigenvalue weighted by Crippen LogP contribution is 2.24. The molecule has 0 bridgehead atoms. The van der Waals surface area contributed by atoms with Crippen molar-refractivity contribution < 1.29 is 9.26 Å². The van der Waals surface area contributed by atoms with Crippen molar-refractivity contribution in [3.8, 4) is 5.75 Å². The van der Waals surface area contributed by atoms with E-state index >= 15 is 0 Å². The van der Waals surface area contributed by atoms with Crippen LogP contribution in [0.1, 0.15) is 5.76 Å². The van der Waals surface area contributed by atoms with E-state index < -0.39 is 0 Å². The molecule has 1 heterocycles. The Morgan fingerprint density at radius 2 is 2.20 bits per heavy atom. The number of hydrogen-bond donors (Lipinski definition) is 1. The summed E-state index contributed by atoms with van der Waals surface area (Å²) in [6.07, 6.45) is 0. The second-order valence-corrected chi connectivity index (χ2v) is 3.34. The van der Waals surface area contributed by atoms with Gasteiger partial charge in [0.25, 0.3) is 0 Å². The van der Waals surface area contributed by atoms with Gasteiger partial charge in [-0.1, -0.05) is 28.9 Å². The minimum Gasteiger partial charge on any atom is -0.484 e. The van der Waals surface area contributed by atoms with Crippen LogP contribution in [0.2, 0.25) is 5.02 Å². The Morgan fingerprint density at radius 3 is 2.87 bits per heavy atom. The summed E-state index contributed by atoms with van der Waals surface area (Å²) in [4.78, 5) is 0. The van der Waals surface area contributed by atoms with Crippen LogP contribution >= 0.6 is 11.6 Å². The van der Waals surface area contributed by atoms with Crippen LogP contribution in [0.3, 0.4) is 0 Å². The molecule has 0 radical (unpaired) electrons. The predicted molar refractivity (Wildman–Crippen MR) is 56.7 cm³/mol. The van der Waals surface area contributed by atoms with E-state index in [-0.39, 0.29) is 6.61 Å². The maximum absolute atomic E-state index is 5.90. The highest BCUT2D eigenvalue weighted by molar-refractivity contribution is 6.32. The molecule has 0 aliphatic heterocycles. The number of rotatable bonds is 3. The first kappa shape index (κ1) is 9.86. The summed E-state index contributed by atoms with van der Waals surface area (Å²) in [6, 6.07) is 8.82. The largest absolute Gasteiger partial charge is 0.484 e. The molecular formula is C10H9ClN2O2. The molecule has 0 fully saturated rings. The molecule has 2 N–H and O–H groups in total. The third-order valence-corrected chi connectivity index (χ3v) is 2.10. The number of nitrogens with two attached hydrogens (primary N) is 1. The number of para-hydroxylation sites is 1. The normalized spacial score (nSPS) is 10.2. The van der Waals surface area contributed by atoms with E-state index in [0.29, 0.717) is 22.4 Å². The van der Waals surface area contributed by atoms with Crippen LogP contribution in [0.25, 0.3) is 0 Å². The molecule has 5 heteroatoms. The fourth-order valence-electron chi connectivity index (χ4n) is 1.11. The summed E-state index contributed by atoms with van der Waals surface area (Å²) < 4.78 is 10.3. The van der Waals surface area contributed by atoms with Crippen LogP contribution in [0.15, 0.2) is 34.9 Å². The lowest BCUT2D eigenvalue weighted by atomic mass is 10.3. The molecule has 2 rings (SSSR count). The molecule has 0 amide bonds. The number of halogens is 1. The highest BCUT2D eigenvalue weighted by atomic mass is 35.5. The summed E-state index contributed by atoms with van der Waals surface area (Å²) in [7, 11) is 0. The van der Waals surface area contributed by atoms with Crippen LogP contribution in [-0.4, -0.2) is 5.16 Å². The summed E-state index contributed by atoms with van der Waals surface area (Å²) in [6.45, 7) is 0.258. The van der Waals surface area contributed by atoms with Gasteiger partial charge in [0.1, 0.15) is 12.4 Å². The topological polar surface area (TPSA) is 61.3 Å². The molecule has 4 nitrogen and oxygen atoms in total. The summed E-state index contributed by atoms with van der Waals surface area (Å²) >= 11 is 5.90. The number of anilines is 1. The Hall–Kier alpha value is -1.68. The van der Waals surface area contributed by atoms with Crippen molar-refractivity contribution in [3.05, 3.63) is 41.1 Å². The van der Waals surface area contributed by atoms with E-state index in [1.54, 1.807) is 18.2 Å². The van der Waals surface area contributed by atoms with E-state index in [1.165, 1.54) is 0 Å². The number of nitrogens with zero attached hydrogens (tertiary/aromatic N) is 1. The van der Waals surface area contributed by atoms with Gasteiger partial charge in [-0.05, 0) is 12.1 Å². The third-order valence-electron chi connectivity index (χ3n) is 1.78. The first-order valence-corrected chi connectivity index (χ1v) is 4.72. The van der Waals surface area contributed by atoms with Crippen molar-refractivity contribution in [1.29, 1.82) is 0 Å². The van der Waals surface area contributed by atoms with E-state index in [4.69, 9.17) is 26.6 Å². The zero-order chi connectivity index (χ0) is 10.7. The Bertz CT molecular complexity index is 456. The lowest BCUT2D eigenvalue weighted by molar-refractivity contribution is 0.250. The van der Waals surface area contributed by atoms with Crippen molar-refractivity contribution >= 4 is 17.4 Å². The van der Waals surface area contributed by atoms with Crippen molar-refractivity contribution in [1.82, 2.24) is 5.16 Å². The SMILES string of the molecule is Nc1cc(COc2ccccc2Cl)on1. The molecule has 2 aromatic rings. The van der Waals surface area contributed by atoms with Gasteiger partial charge in [0.05, 0.1) is 5.02 Å². The smallest absolute Gasteiger partial charge is 0.176 e. The molecule has 0 atom stereocenters. The number of benzene rings is 1. The van der Waals surface area contributed by atoms with Crippen LogP contribution < -0.4 is 10.5 Å². The highest BCUT2D eigenvalue weighted by Gasteiger charge is 2.04. The van der Waals surface area contributed by atoms with Crippen LogP contribution in [0.4, 0.5) is 5.82 Å². The number of aromatic nitrogens is 1. The molecule has 0 aliphatic rings. The fraction of sp³-hybridized carbons (Fsp3) is 0.100. The van der Waals surface area contributed by atoms with Gasteiger partial charge in [-0.25, -0.2) is 0 Å². The molecule has 0 saturated carbocycles. The molecule has 0 aliphatic carbocycles. The monoisotopic (exact) mass is 224 g/mol. The Kier molecular flexibility index (Phi) is 2.78. The van der Waals surface area contributed by atoms with Gasteiger partial charge in [0, 0.05) is 6.07 Å². The minimum atomic E-state index is 0.258. The van der Waals surface area contributed by atoms with Crippen LogP contribution in [-0.2, 0) is 6.61 Å². The lowest BCUT2D eigenvalue weighted by Gasteiger charge is -2.04. The second-order valence-electron chi connectivity index (χ2n) is 2.94. The van der Waals surface area contributed by atoms with E-state index in [1.807, 2.05) is 12.1 Å². The molecule has 1 aromatic carbocycles. The molecule has 0 unspecified atom stereocenters. The third kappa shape index (κ3) is 2.41. The van der Waals surface area contributed by atoms with Gasteiger partial charge in [0.15, 0.2) is 11.6 Å². The zero-order valence-electron chi connectivity index (χ0n) is 7.81. The van der Waals surface area contributed by atoms with Gasteiger partial charge in [0.2, 0.25) is 0 Å². The minimum absolute atomic E-state index is 0.258. The summed E-state index contributed by atoms with van der Waals surface area (Å²) in [5, 5.41) is 4.10. The first-order chi connectivity index (χ1) is 7.25. The number of hydrogen-bond acceptors (Lipinski definition) is 4. The van der Waals surface area contributed by atoms with Crippen molar-refractivity contribution in [2.24, 2.45) is 0 Å². The van der Waals surface area contributed by atoms with Gasteiger partial charge in [-0.2, -0.15) is 0 Å². The predicted octanol–water partition coefficient (Wildman–Crippen LogP) is 2.49. The first-order valence-electron chi connectivity index (χ1n) is 4.34. The fourth-order valence-corrected chi connectivity index (χ4v) is 1.30. The summed E-state index contributed by atoms with van der Waals surface area (Å²) in [5.41, 5.74) is 5.39. The van der Waals surface area contributed by atoms with Gasteiger partial charge >= 0.3 is 0 Å². The Morgan fingerprint density at radius 1 is 1.40 bits per heavy atom. The van der Waals surface area contributed by atoms with Crippen LogP contribution in [0.5, 0.6) is 5.75 Å². The van der Waals surface area contributed by atoms with E-state index in [9.17, 15) is 0 Å². The lowest BCUT2D eigenvalue weighted by Crippen LogP contribution is -1.94. The molecule has 15 heavy (non-hydrogen) atoms. The van der Waals surface area contributed by atoms with Crippen LogP contribution in [0, 0.1) is 0 Å². The molecule has 0 spiro atoms. The van der Waals surface area contributed by atoms with E-state index in [2.05, 4.69) is 5.16 Å². The van der Waals surface area contributed by atoms with Gasteiger partial charge < -0.3 is 15.0 Å². The molecule has 0 saturated heterocycles. The molecule has 78 valence electrons. The Balaban J connectivity index is 2.02. The quantitative estimate of drug-likeness (QED) is 0.870. The van der Waals surface area contributed by atoms with Crippen molar-refractivity contribution in [2.45, 2.75) is 6.61 Å². The Labute approximate surface area is 91.6 Å². The van der Waals surface area contributed by atoms with Gasteiger partial charge in [-0.15, -0.1) is 0 Å². The number of nitrogen functional groups attached to an aromatic ring is 1. The molecule has 1 aromatic heterocycles. The van der Waals surface area contributed by atoms with Crippen molar-refractivity contribution in [2.75, 3.05) is 5.73 Å². The maximum Gasteiger partial charge on any atom is 0.176 e. The maximum atomic E-state index is 5.90. The van der Waals surface area contributed by atoms with Crippen molar-refractivity contribution in [3.63, 3.8) is 0 Å².